The smallest absolute Gasteiger partial charge is 0.135 e. The Labute approximate surface area is 318 Å². The van der Waals surface area contributed by atoms with Crippen LogP contribution in [-0.4, -0.2) is 0 Å². The normalized spacial score (nSPS) is 16.0. The third-order valence-electron chi connectivity index (χ3n) is 12.9. The van der Waals surface area contributed by atoms with E-state index in [4.69, 9.17) is 9.15 Å². The molecule has 9 aromatic rings. The van der Waals surface area contributed by atoms with Gasteiger partial charge in [-0.15, -0.1) is 0 Å². The molecule has 4 aliphatic rings. The van der Waals surface area contributed by atoms with Gasteiger partial charge in [-0.3, -0.25) is 0 Å². The Balaban J connectivity index is 0.977. The zero-order valence-electron chi connectivity index (χ0n) is 29.8. The molecule has 1 atom stereocenters. The Morgan fingerprint density at radius 2 is 1.11 bits per heavy atom. The lowest BCUT2D eigenvalue weighted by Crippen LogP contribution is -2.25. The van der Waals surface area contributed by atoms with Gasteiger partial charge in [-0.05, 0) is 115 Å². The van der Waals surface area contributed by atoms with Crippen molar-refractivity contribution in [2.24, 2.45) is 0 Å². The lowest BCUT2D eigenvalue weighted by Gasteiger charge is -2.33. The summed E-state index contributed by atoms with van der Waals surface area (Å²) in [7, 11) is 0. The minimum atomic E-state index is -0.364. The van der Waals surface area contributed by atoms with Crippen molar-refractivity contribution >= 4 is 28.0 Å². The van der Waals surface area contributed by atoms with E-state index in [9.17, 15) is 0 Å². The summed E-state index contributed by atoms with van der Waals surface area (Å²) in [6.45, 7) is 0. The highest BCUT2D eigenvalue weighted by molar-refractivity contribution is 6.07. The maximum Gasteiger partial charge on any atom is 0.135 e. The Kier molecular flexibility index (Phi) is 5.70. The third kappa shape index (κ3) is 3.74. The van der Waals surface area contributed by atoms with Crippen molar-refractivity contribution in [3.8, 4) is 56.0 Å². The molecule has 2 heteroatoms. The molecule has 1 unspecified atom stereocenters. The Hall–Kier alpha value is -6.90. The molecule has 0 radical (unpaired) electrons. The SMILES string of the molecule is C1=Cc2c(-c3ccc4oc5ccccc5c4c3)ccc3c2C(C1)c1cc(-c2cccc4c2-c2ccccc2C42c4ccccc4-c4ccccc42)ccc1O3. The standard InChI is InChI=1S/C53H32O2/c1-5-18-43-35(11-1)36-12-2-6-19-44(36)53(43)45-20-7-3-14-40(45)51-34(15-10-21-46(51)53)32-24-27-49-42(30-32)39-17-9-16-38-33(25-28-50(55-49)52(38)39)31-23-26-48-41(29-31)37-13-4-8-22-47(37)54-48/h1-16,18-30,39H,17H2. The number of hydrogen-bond acceptors (Lipinski definition) is 2. The van der Waals surface area contributed by atoms with Crippen LogP contribution in [0.15, 0.2) is 174 Å². The fraction of sp³-hybridized carbons (Fsp3) is 0.0566. The molecule has 0 saturated carbocycles. The summed E-state index contributed by atoms with van der Waals surface area (Å²) >= 11 is 0. The molecule has 256 valence electrons. The van der Waals surface area contributed by atoms with Crippen LogP contribution in [0.4, 0.5) is 0 Å². The van der Waals surface area contributed by atoms with Gasteiger partial charge in [-0.2, -0.15) is 0 Å². The Morgan fingerprint density at radius 3 is 1.95 bits per heavy atom. The average Bonchev–Trinajstić information content (AvgIpc) is 3.88. The predicted octanol–water partition coefficient (Wildman–Crippen LogP) is 13.9. The van der Waals surface area contributed by atoms with Crippen LogP contribution in [0.1, 0.15) is 51.3 Å². The third-order valence-corrected chi connectivity index (χ3v) is 12.9. The molecule has 0 bridgehead atoms. The minimum Gasteiger partial charge on any atom is -0.457 e. The van der Waals surface area contributed by atoms with E-state index >= 15 is 0 Å². The van der Waals surface area contributed by atoms with Gasteiger partial charge in [-0.1, -0.05) is 140 Å². The van der Waals surface area contributed by atoms with Crippen LogP contribution in [0, 0.1) is 0 Å². The van der Waals surface area contributed by atoms with Gasteiger partial charge in [0.1, 0.15) is 22.7 Å². The molecular weight excluding hydrogens is 669 g/mol. The van der Waals surface area contributed by atoms with E-state index < -0.39 is 0 Å². The lowest BCUT2D eigenvalue weighted by atomic mass is 9.70. The van der Waals surface area contributed by atoms with Gasteiger partial charge in [-0.25, -0.2) is 0 Å². The summed E-state index contributed by atoms with van der Waals surface area (Å²) in [6.07, 6.45) is 5.59. The van der Waals surface area contributed by atoms with Crippen LogP contribution >= 0.6 is 0 Å². The van der Waals surface area contributed by atoms with E-state index in [-0.39, 0.29) is 11.3 Å². The number of ether oxygens (including phenoxy) is 1. The van der Waals surface area contributed by atoms with Crippen molar-refractivity contribution in [1.82, 2.24) is 0 Å². The molecule has 13 rings (SSSR count). The second-order valence-corrected chi connectivity index (χ2v) is 15.4. The molecule has 1 aliphatic heterocycles. The average molecular weight is 701 g/mol. The first kappa shape index (κ1) is 29.5. The molecule has 0 amide bonds. The van der Waals surface area contributed by atoms with Crippen LogP contribution < -0.4 is 4.74 Å². The molecular formula is C53H32O2. The van der Waals surface area contributed by atoms with E-state index in [0.717, 1.165) is 39.9 Å². The Morgan fingerprint density at radius 1 is 0.473 bits per heavy atom. The van der Waals surface area contributed by atoms with Gasteiger partial charge in [0.25, 0.3) is 0 Å². The Bertz CT molecular complexity index is 3130. The van der Waals surface area contributed by atoms with Crippen molar-refractivity contribution in [1.29, 1.82) is 0 Å². The summed E-state index contributed by atoms with van der Waals surface area (Å²) in [5, 5.41) is 2.29. The van der Waals surface area contributed by atoms with Gasteiger partial charge < -0.3 is 9.15 Å². The van der Waals surface area contributed by atoms with Crippen molar-refractivity contribution in [2.45, 2.75) is 17.8 Å². The zero-order chi connectivity index (χ0) is 35.8. The van der Waals surface area contributed by atoms with Gasteiger partial charge in [0.2, 0.25) is 0 Å². The molecule has 0 N–H and O–H groups in total. The largest absolute Gasteiger partial charge is 0.457 e. The fourth-order valence-electron chi connectivity index (χ4n) is 10.7. The van der Waals surface area contributed by atoms with Crippen molar-refractivity contribution in [3.63, 3.8) is 0 Å². The zero-order valence-corrected chi connectivity index (χ0v) is 29.8. The van der Waals surface area contributed by atoms with E-state index in [0.29, 0.717) is 0 Å². The summed E-state index contributed by atoms with van der Waals surface area (Å²) in [5.74, 6) is 2.10. The maximum atomic E-state index is 6.78. The molecule has 2 nitrogen and oxygen atoms in total. The topological polar surface area (TPSA) is 22.4 Å². The quantitative estimate of drug-likeness (QED) is 0.179. The summed E-state index contributed by atoms with van der Waals surface area (Å²) in [6, 6.07) is 60.3. The van der Waals surface area contributed by atoms with Gasteiger partial charge >= 0.3 is 0 Å². The molecule has 1 spiro atoms. The number of hydrogen-bond donors (Lipinski definition) is 0. The number of para-hydroxylation sites is 1. The molecule has 8 aromatic carbocycles. The predicted molar refractivity (Wildman–Crippen MR) is 223 cm³/mol. The lowest BCUT2D eigenvalue weighted by molar-refractivity contribution is 0.445. The van der Waals surface area contributed by atoms with E-state index in [1.807, 2.05) is 12.1 Å². The molecule has 55 heavy (non-hydrogen) atoms. The number of furan rings is 1. The van der Waals surface area contributed by atoms with Crippen LogP contribution in [0.25, 0.3) is 72.5 Å². The van der Waals surface area contributed by atoms with E-state index in [1.54, 1.807) is 0 Å². The minimum absolute atomic E-state index is 0.195. The van der Waals surface area contributed by atoms with Gasteiger partial charge in [0, 0.05) is 27.8 Å². The van der Waals surface area contributed by atoms with Crippen molar-refractivity contribution in [3.05, 3.63) is 209 Å². The first-order valence-corrected chi connectivity index (χ1v) is 19.3. The van der Waals surface area contributed by atoms with E-state index in [1.165, 1.54) is 83.5 Å². The van der Waals surface area contributed by atoms with Gasteiger partial charge in [0.05, 0.1) is 5.41 Å². The highest BCUT2D eigenvalue weighted by Gasteiger charge is 2.52. The molecule has 2 heterocycles. The summed E-state index contributed by atoms with van der Waals surface area (Å²) in [5.41, 5.74) is 20.9. The number of rotatable bonds is 2. The van der Waals surface area contributed by atoms with Crippen LogP contribution in [0.5, 0.6) is 11.5 Å². The molecule has 1 aromatic heterocycles. The second kappa shape index (κ2) is 10.6. The highest BCUT2D eigenvalue weighted by Crippen LogP contribution is 2.64. The first-order valence-electron chi connectivity index (χ1n) is 19.3. The molecule has 3 aliphatic carbocycles. The van der Waals surface area contributed by atoms with E-state index in [2.05, 4.69) is 164 Å². The summed E-state index contributed by atoms with van der Waals surface area (Å²) in [4.78, 5) is 0. The van der Waals surface area contributed by atoms with Gasteiger partial charge in [0.15, 0.2) is 0 Å². The van der Waals surface area contributed by atoms with Crippen LogP contribution in [0.2, 0.25) is 0 Å². The van der Waals surface area contributed by atoms with Crippen LogP contribution in [0.3, 0.4) is 0 Å². The fourth-order valence-corrected chi connectivity index (χ4v) is 10.7. The monoisotopic (exact) mass is 700 g/mol. The first-order chi connectivity index (χ1) is 27.3. The maximum absolute atomic E-state index is 6.78. The number of allylic oxidation sites excluding steroid dienone is 1. The number of fused-ring (bicyclic) bond motifs is 15. The molecule has 0 fully saturated rings. The molecule has 0 saturated heterocycles. The van der Waals surface area contributed by atoms with Crippen LogP contribution in [-0.2, 0) is 5.41 Å². The highest BCUT2D eigenvalue weighted by atomic mass is 16.5. The van der Waals surface area contributed by atoms with Crippen molar-refractivity contribution in [2.75, 3.05) is 0 Å². The second-order valence-electron chi connectivity index (χ2n) is 15.4. The van der Waals surface area contributed by atoms with Crippen molar-refractivity contribution < 1.29 is 9.15 Å². The number of benzene rings is 8. The summed E-state index contributed by atoms with van der Waals surface area (Å²) < 4.78 is 13.0.